The van der Waals surface area contributed by atoms with Gasteiger partial charge in [-0.3, -0.25) is 0 Å². The van der Waals surface area contributed by atoms with Gasteiger partial charge in [-0.2, -0.15) is 12.7 Å². The zero-order valence-electron chi connectivity index (χ0n) is 11.9. The van der Waals surface area contributed by atoms with E-state index in [0.717, 1.165) is 38.1 Å². The summed E-state index contributed by atoms with van der Waals surface area (Å²) in [5, 5.41) is 0. The van der Waals surface area contributed by atoms with Crippen molar-refractivity contribution in [1.29, 1.82) is 0 Å². The van der Waals surface area contributed by atoms with Gasteiger partial charge in [0.25, 0.3) is 0 Å². The van der Waals surface area contributed by atoms with Crippen molar-refractivity contribution in [3.05, 3.63) is 35.4 Å². The van der Waals surface area contributed by atoms with Crippen LogP contribution in [0.15, 0.2) is 28.7 Å². The maximum atomic E-state index is 12.3. The molecule has 1 saturated heterocycles. The molecule has 0 spiro atoms. The Morgan fingerprint density at radius 2 is 1.90 bits per heavy atom. The summed E-state index contributed by atoms with van der Waals surface area (Å²) in [7, 11) is -3.47. The first kappa shape index (κ1) is 13.3. The van der Waals surface area contributed by atoms with Gasteiger partial charge < -0.3 is 4.90 Å². The third-order valence-electron chi connectivity index (χ3n) is 4.67. The monoisotopic (exact) mass is 305 g/mol. The van der Waals surface area contributed by atoms with Gasteiger partial charge in [0.1, 0.15) is 5.84 Å². The molecule has 3 aliphatic rings. The number of fused-ring (bicyclic) bond motifs is 2. The van der Waals surface area contributed by atoms with Crippen molar-refractivity contribution >= 4 is 16.0 Å². The van der Waals surface area contributed by atoms with E-state index in [1.165, 1.54) is 11.1 Å². The number of benzene rings is 1. The van der Waals surface area contributed by atoms with Crippen LogP contribution in [0.25, 0.3) is 0 Å². The van der Waals surface area contributed by atoms with Crippen LogP contribution in [0.1, 0.15) is 24.0 Å². The molecule has 21 heavy (non-hydrogen) atoms. The Morgan fingerprint density at radius 1 is 1.19 bits per heavy atom. The number of rotatable bonds is 2. The lowest BCUT2D eigenvalue weighted by Crippen LogP contribution is -2.47. The Bertz CT molecular complexity index is 674. The van der Waals surface area contributed by atoms with Crippen molar-refractivity contribution in [2.24, 2.45) is 10.3 Å². The molecule has 5 nitrogen and oxygen atoms in total. The van der Waals surface area contributed by atoms with Crippen molar-refractivity contribution < 1.29 is 8.42 Å². The summed E-state index contributed by atoms with van der Waals surface area (Å²) in [5.74, 6) is 1.12. The second kappa shape index (κ2) is 4.81. The van der Waals surface area contributed by atoms with Crippen molar-refractivity contribution in [3.63, 3.8) is 0 Å². The minimum Gasteiger partial charge on any atom is -0.345 e. The predicted octanol–water partition coefficient (Wildman–Crippen LogP) is 1.41. The second-order valence-electron chi connectivity index (χ2n) is 6.17. The summed E-state index contributed by atoms with van der Waals surface area (Å²) in [6.45, 7) is 1.98. The van der Waals surface area contributed by atoms with Crippen LogP contribution in [0.2, 0.25) is 0 Å². The lowest BCUT2D eigenvalue weighted by molar-refractivity contribution is 0.255. The number of nitrogens with zero attached hydrogens (tertiary/aromatic N) is 3. The molecule has 1 aliphatic carbocycles. The third kappa shape index (κ3) is 2.36. The summed E-state index contributed by atoms with van der Waals surface area (Å²) < 4.78 is 30.1. The number of hydrogen-bond acceptors (Lipinski definition) is 3. The fraction of sp³-hybridized carbons (Fsp3) is 0.533. The van der Waals surface area contributed by atoms with E-state index in [9.17, 15) is 8.42 Å². The maximum Gasteiger partial charge on any atom is 0.325 e. The van der Waals surface area contributed by atoms with E-state index in [1.54, 1.807) is 4.31 Å². The minimum absolute atomic E-state index is 0.372. The molecule has 1 aromatic rings. The number of amidine groups is 1. The van der Waals surface area contributed by atoms with E-state index in [2.05, 4.69) is 33.6 Å². The first-order valence-corrected chi connectivity index (χ1v) is 8.92. The van der Waals surface area contributed by atoms with Crippen LogP contribution in [0.5, 0.6) is 0 Å². The van der Waals surface area contributed by atoms with Gasteiger partial charge in [0, 0.05) is 19.5 Å². The van der Waals surface area contributed by atoms with E-state index >= 15 is 0 Å². The molecule has 0 saturated carbocycles. The van der Waals surface area contributed by atoms with E-state index in [0.29, 0.717) is 19.1 Å². The highest BCUT2D eigenvalue weighted by Gasteiger charge is 2.36. The first-order chi connectivity index (χ1) is 10.1. The van der Waals surface area contributed by atoms with Gasteiger partial charge in [0.2, 0.25) is 0 Å². The maximum absolute atomic E-state index is 12.3. The molecule has 0 radical (unpaired) electrons. The third-order valence-corrected chi connectivity index (χ3v) is 6.02. The summed E-state index contributed by atoms with van der Waals surface area (Å²) in [4.78, 5) is 2.10. The molecule has 2 heterocycles. The Morgan fingerprint density at radius 3 is 2.62 bits per heavy atom. The van der Waals surface area contributed by atoms with Crippen molar-refractivity contribution in [2.45, 2.75) is 25.7 Å². The van der Waals surface area contributed by atoms with Crippen LogP contribution >= 0.6 is 0 Å². The Balaban J connectivity index is 1.51. The molecule has 1 aromatic carbocycles. The highest BCUT2D eigenvalue weighted by Crippen LogP contribution is 2.29. The molecular formula is C15H19N3O2S. The summed E-state index contributed by atoms with van der Waals surface area (Å²) >= 11 is 0. The predicted molar refractivity (Wildman–Crippen MR) is 81.2 cm³/mol. The van der Waals surface area contributed by atoms with Gasteiger partial charge >= 0.3 is 10.2 Å². The summed E-state index contributed by atoms with van der Waals surface area (Å²) in [6.07, 6.45) is 3.75. The quantitative estimate of drug-likeness (QED) is 0.830. The Kier molecular flexibility index (Phi) is 3.04. The summed E-state index contributed by atoms with van der Waals surface area (Å²) in [5.41, 5.74) is 2.73. The molecule has 112 valence electrons. The standard InChI is InChI=1S/C15H19N3O2S/c19-21(20)16-15-6-3-7-17(15)11-18(21)10-12-8-13-4-1-2-5-14(13)9-12/h1-2,4-5,12H,3,6-11H2. The van der Waals surface area contributed by atoms with Crippen molar-refractivity contribution in [2.75, 3.05) is 19.8 Å². The van der Waals surface area contributed by atoms with Gasteiger partial charge in [-0.1, -0.05) is 24.3 Å². The van der Waals surface area contributed by atoms with Gasteiger partial charge in [0.15, 0.2) is 0 Å². The van der Waals surface area contributed by atoms with Crippen LogP contribution in [-0.2, 0) is 23.1 Å². The largest absolute Gasteiger partial charge is 0.345 e. The molecule has 0 bridgehead atoms. The Labute approximate surface area is 125 Å². The fourth-order valence-corrected chi connectivity index (χ4v) is 4.92. The first-order valence-electron chi connectivity index (χ1n) is 7.52. The second-order valence-corrected chi connectivity index (χ2v) is 7.77. The molecule has 0 unspecified atom stereocenters. The zero-order chi connectivity index (χ0) is 14.4. The normalized spacial score (nSPS) is 24.8. The van der Waals surface area contributed by atoms with Gasteiger partial charge in [-0.05, 0) is 36.3 Å². The lowest BCUT2D eigenvalue weighted by atomic mass is 10.1. The van der Waals surface area contributed by atoms with Crippen molar-refractivity contribution in [3.8, 4) is 0 Å². The van der Waals surface area contributed by atoms with Gasteiger partial charge in [0.05, 0.1) is 6.67 Å². The van der Waals surface area contributed by atoms with Crippen LogP contribution in [0.3, 0.4) is 0 Å². The highest BCUT2D eigenvalue weighted by molar-refractivity contribution is 7.88. The van der Waals surface area contributed by atoms with Crippen LogP contribution < -0.4 is 0 Å². The SMILES string of the molecule is O=S1(=O)N=C2CCCN2CN1CC1Cc2ccccc2C1. The van der Waals surface area contributed by atoms with Gasteiger partial charge in [-0.25, -0.2) is 0 Å². The average molecular weight is 305 g/mol. The number of hydrogen-bond donors (Lipinski definition) is 0. The minimum atomic E-state index is -3.47. The lowest BCUT2D eigenvalue weighted by Gasteiger charge is -2.32. The topological polar surface area (TPSA) is 53.0 Å². The highest BCUT2D eigenvalue weighted by atomic mass is 32.2. The zero-order valence-corrected chi connectivity index (χ0v) is 12.7. The summed E-state index contributed by atoms with van der Waals surface area (Å²) in [6, 6.07) is 8.41. The molecule has 6 heteroatoms. The van der Waals surface area contributed by atoms with E-state index < -0.39 is 10.2 Å². The van der Waals surface area contributed by atoms with Crippen molar-refractivity contribution in [1.82, 2.24) is 9.21 Å². The van der Waals surface area contributed by atoms with Gasteiger partial charge in [-0.15, -0.1) is 4.40 Å². The molecule has 0 aromatic heterocycles. The average Bonchev–Trinajstić information content (AvgIpc) is 3.03. The molecular weight excluding hydrogens is 286 g/mol. The van der Waals surface area contributed by atoms with E-state index in [1.807, 2.05) is 0 Å². The van der Waals surface area contributed by atoms with Crippen LogP contribution in [0.4, 0.5) is 0 Å². The van der Waals surface area contributed by atoms with Crippen LogP contribution in [-0.4, -0.2) is 43.2 Å². The van der Waals surface area contributed by atoms with E-state index in [4.69, 9.17) is 0 Å². The Hall–Kier alpha value is -1.40. The van der Waals surface area contributed by atoms with Crippen LogP contribution in [0, 0.1) is 5.92 Å². The van der Waals surface area contributed by atoms with E-state index in [-0.39, 0.29) is 0 Å². The molecule has 4 rings (SSSR count). The fourth-order valence-electron chi connectivity index (χ4n) is 3.64. The molecule has 0 amide bonds. The molecule has 2 aliphatic heterocycles. The smallest absolute Gasteiger partial charge is 0.325 e. The molecule has 0 N–H and O–H groups in total. The molecule has 0 atom stereocenters. The molecule has 1 fully saturated rings.